The molecule has 1 aromatic heterocycles. The quantitative estimate of drug-likeness (QED) is 0.722. The van der Waals surface area contributed by atoms with E-state index in [1.54, 1.807) is 18.0 Å². The lowest BCUT2D eigenvalue weighted by molar-refractivity contribution is 0.300. The second-order valence-electron chi connectivity index (χ2n) is 3.00. The lowest BCUT2D eigenvalue weighted by Crippen LogP contribution is -2.03. The van der Waals surface area contributed by atoms with Crippen LogP contribution in [0.25, 0.3) is 0 Å². The average Bonchev–Trinajstić information content (AvgIpc) is 2.09. The first-order chi connectivity index (χ1) is 6.13. The molecule has 0 amide bonds. The number of aliphatic hydroxyl groups is 1. The standard InChI is InChI=1S/C9H14N2OS/c1-6-3-8(10)4-11-9(6)13-7(2)5-12/h3-4,7,12H,5,10H2,1-2H3. The van der Waals surface area contributed by atoms with Crippen LogP contribution in [0.2, 0.25) is 0 Å². The topological polar surface area (TPSA) is 59.1 Å². The number of aromatic nitrogens is 1. The molecule has 1 heterocycles. The van der Waals surface area contributed by atoms with Gasteiger partial charge in [0.25, 0.3) is 0 Å². The van der Waals surface area contributed by atoms with Crippen LogP contribution in [0.15, 0.2) is 17.3 Å². The summed E-state index contributed by atoms with van der Waals surface area (Å²) in [5, 5.41) is 9.98. The minimum absolute atomic E-state index is 0.163. The fourth-order valence-corrected chi connectivity index (χ4v) is 1.75. The van der Waals surface area contributed by atoms with Crippen LogP contribution >= 0.6 is 11.8 Å². The third-order valence-corrected chi connectivity index (χ3v) is 2.82. The van der Waals surface area contributed by atoms with E-state index in [-0.39, 0.29) is 11.9 Å². The Bertz CT molecular complexity index is 291. The number of thioether (sulfide) groups is 1. The lowest BCUT2D eigenvalue weighted by atomic mass is 10.3. The van der Waals surface area contributed by atoms with E-state index >= 15 is 0 Å². The van der Waals surface area contributed by atoms with E-state index in [2.05, 4.69) is 4.98 Å². The molecule has 0 spiro atoms. The molecule has 0 bridgehead atoms. The number of rotatable bonds is 3. The highest BCUT2D eigenvalue weighted by atomic mass is 32.2. The summed E-state index contributed by atoms with van der Waals surface area (Å²) in [5.74, 6) is 0. The zero-order valence-electron chi connectivity index (χ0n) is 7.82. The van der Waals surface area contributed by atoms with Gasteiger partial charge >= 0.3 is 0 Å². The molecule has 0 aliphatic heterocycles. The monoisotopic (exact) mass is 198 g/mol. The van der Waals surface area contributed by atoms with E-state index in [0.29, 0.717) is 5.69 Å². The molecule has 1 aromatic rings. The summed E-state index contributed by atoms with van der Waals surface area (Å²) in [6.45, 7) is 4.09. The highest BCUT2D eigenvalue weighted by molar-refractivity contribution is 7.99. The minimum Gasteiger partial charge on any atom is -0.397 e. The van der Waals surface area contributed by atoms with Gasteiger partial charge in [-0.1, -0.05) is 6.92 Å². The van der Waals surface area contributed by atoms with Gasteiger partial charge in [0, 0.05) is 5.25 Å². The van der Waals surface area contributed by atoms with E-state index in [0.717, 1.165) is 10.6 Å². The van der Waals surface area contributed by atoms with Gasteiger partial charge in [0.1, 0.15) is 0 Å². The fourth-order valence-electron chi connectivity index (χ4n) is 0.935. The highest BCUT2D eigenvalue weighted by Crippen LogP contribution is 2.24. The van der Waals surface area contributed by atoms with Gasteiger partial charge in [-0.2, -0.15) is 0 Å². The summed E-state index contributed by atoms with van der Waals surface area (Å²) in [6.07, 6.45) is 1.64. The molecule has 72 valence electrons. The van der Waals surface area contributed by atoms with Crippen LogP contribution in [0.3, 0.4) is 0 Å². The van der Waals surface area contributed by atoms with E-state index in [1.807, 2.05) is 19.9 Å². The first kappa shape index (κ1) is 10.3. The first-order valence-corrected chi connectivity index (χ1v) is 5.01. The summed E-state index contributed by atoms with van der Waals surface area (Å²) >= 11 is 1.56. The van der Waals surface area contributed by atoms with Gasteiger partial charge in [0.2, 0.25) is 0 Å². The normalized spacial score (nSPS) is 12.8. The molecule has 13 heavy (non-hydrogen) atoms. The van der Waals surface area contributed by atoms with Crippen molar-refractivity contribution in [3.63, 3.8) is 0 Å². The van der Waals surface area contributed by atoms with Crippen LogP contribution in [0, 0.1) is 6.92 Å². The van der Waals surface area contributed by atoms with Crippen LogP contribution in [-0.2, 0) is 0 Å². The number of nitrogens with two attached hydrogens (primary N) is 1. The molecule has 0 fully saturated rings. The largest absolute Gasteiger partial charge is 0.397 e. The molecule has 0 aromatic carbocycles. The van der Waals surface area contributed by atoms with Crippen molar-refractivity contribution in [3.8, 4) is 0 Å². The van der Waals surface area contributed by atoms with E-state index < -0.39 is 0 Å². The van der Waals surface area contributed by atoms with Crippen molar-refractivity contribution in [1.82, 2.24) is 4.98 Å². The number of anilines is 1. The number of nitrogen functional groups attached to an aromatic ring is 1. The van der Waals surface area contributed by atoms with Gasteiger partial charge in [-0.3, -0.25) is 0 Å². The van der Waals surface area contributed by atoms with Crippen molar-refractivity contribution in [2.45, 2.75) is 24.1 Å². The summed E-state index contributed by atoms with van der Waals surface area (Å²) in [5.41, 5.74) is 7.31. The zero-order chi connectivity index (χ0) is 9.84. The summed E-state index contributed by atoms with van der Waals surface area (Å²) in [6, 6.07) is 1.89. The number of pyridine rings is 1. The van der Waals surface area contributed by atoms with Crippen molar-refractivity contribution >= 4 is 17.4 Å². The van der Waals surface area contributed by atoms with Crippen molar-refractivity contribution < 1.29 is 5.11 Å². The van der Waals surface area contributed by atoms with Gasteiger partial charge in [-0.25, -0.2) is 4.98 Å². The molecule has 1 atom stereocenters. The van der Waals surface area contributed by atoms with Crippen LogP contribution in [-0.4, -0.2) is 21.9 Å². The number of aliphatic hydroxyl groups excluding tert-OH is 1. The number of nitrogens with zero attached hydrogens (tertiary/aromatic N) is 1. The Kier molecular flexibility index (Phi) is 3.57. The van der Waals surface area contributed by atoms with Gasteiger partial charge < -0.3 is 10.8 Å². The fraction of sp³-hybridized carbons (Fsp3) is 0.444. The molecule has 3 nitrogen and oxygen atoms in total. The maximum atomic E-state index is 8.87. The number of hydrogen-bond donors (Lipinski definition) is 2. The summed E-state index contributed by atoms with van der Waals surface area (Å²) in [7, 11) is 0. The van der Waals surface area contributed by atoms with Crippen molar-refractivity contribution in [2.24, 2.45) is 0 Å². The molecule has 0 saturated heterocycles. The third-order valence-electron chi connectivity index (χ3n) is 1.62. The highest BCUT2D eigenvalue weighted by Gasteiger charge is 2.06. The summed E-state index contributed by atoms with van der Waals surface area (Å²) in [4.78, 5) is 4.19. The molecular formula is C9H14N2OS. The van der Waals surface area contributed by atoms with Crippen LogP contribution < -0.4 is 5.73 Å². The lowest BCUT2D eigenvalue weighted by Gasteiger charge is -2.09. The number of aryl methyl sites for hydroxylation is 1. The van der Waals surface area contributed by atoms with Gasteiger partial charge in [-0.05, 0) is 18.6 Å². The molecule has 0 radical (unpaired) electrons. The van der Waals surface area contributed by atoms with Crippen LogP contribution in [0.1, 0.15) is 12.5 Å². The Hall–Kier alpha value is -0.740. The second-order valence-corrected chi connectivity index (χ2v) is 4.43. The zero-order valence-corrected chi connectivity index (χ0v) is 8.64. The van der Waals surface area contributed by atoms with Crippen molar-refractivity contribution in [2.75, 3.05) is 12.3 Å². The van der Waals surface area contributed by atoms with E-state index in [9.17, 15) is 0 Å². The third kappa shape index (κ3) is 2.90. The predicted octanol–water partition coefficient (Wildman–Crippen LogP) is 1.45. The van der Waals surface area contributed by atoms with Gasteiger partial charge in [-0.15, -0.1) is 11.8 Å². The SMILES string of the molecule is Cc1cc(N)cnc1SC(C)CO. The molecule has 3 N–H and O–H groups in total. The van der Waals surface area contributed by atoms with Gasteiger partial charge in [0.05, 0.1) is 23.5 Å². The van der Waals surface area contributed by atoms with Crippen molar-refractivity contribution in [3.05, 3.63) is 17.8 Å². The average molecular weight is 198 g/mol. The smallest absolute Gasteiger partial charge is 0.0994 e. The molecule has 4 heteroatoms. The van der Waals surface area contributed by atoms with Crippen LogP contribution in [0.4, 0.5) is 5.69 Å². The number of hydrogen-bond acceptors (Lipinski definition) is 4. The maximum Gasteiger partial charge on any atom is 0.0994 e. The Morgan fingerprint density at radius 3 is 2.92 bits per heavy atom. The molecule has 1 rings (SSSR count). The van der Waals surface area contributed by atoms with Crippen molar-refractivity contribution in [1.29, 1.82) is 0 Å². The summed E-state index contributed by atoms with van der Waals surface area (Å²) < 4.78 is 0. The second kappa shape index (κ2) is 4.48. The molecule has 0 aliphatic rings. The minimum atomic E-state index is 0.163. The first-order valence-electron chi connectivity index (χ1n) is 4.13. The Morgan fingerprint density at radius 2 is 2.38 bits per heavy atom. The molecule has 0 aliphatic carbocycles. The van der Waals surface area contributed by atoms with E-state index in [4.69, 9.17) is 10.8 Å². The molecule has 1 unspecified atom stereocenters. The Labute approximate surface area is 82.4 Å². The van der Waals surface area contributed by atoms with Gasteiger partial charge in [0.15, 0.2) is 0 Å². The Morgan fingerprint density at radius 1 is 1.69 bits per heavy atom. The van der Waals surface area contributed by atoms with E-state index in [1.165, 1.54) is 0 Å². The predicted molar refractivity (Wildman–Crippen MR) is 55.8 cm³/mol. The van der Waals surface area contributed by atoms with Crippen LogP contribution in [0.5, 0.6) is 0 Å². The molecule has 0 saturated carbocycles. The Balaban J connectivity index is 2.77. The molecular weight excluding hydrogens is 184 g/mol. The maximum absolute atomic E-state index is 8.87.